The minimum atomic E-state index is -1.20. The average molecular weight is 262 g/mol. The van der Waals surface area contributed by atoms with Gasteiger partial charge in [-0.2, -0.15) is 9.97 Å². The van der Waals surface area contributed by atoms with Crippen molar-refractivity contribution in [1.82, 2.24) is 15.0 Å². The van der Waals surface area contributed by atoms with E-state index in [-0.39, 0.29) is 23.0 Å². The fourth-order valence-corrected chi connectivity index (χ4v) is 1.19. The van der Waals surface area contributed by atoms with Crippen LogP contribution >= 0.6 is 0 Å². The van der Waals surface area contributed by atoms with E-state index in [9.17, 15) is 14.9 Å². The summed E-state index contributed by atoms with van der Waals surface area (Å²) in [5.74, 6) is -1.25. The Morgan fingerprint density at radius 3 is 2.58 bits per heavy atom. The zero-order valence-electron chi connectivity index (χ0n) is 9.26. The Morgan fingerprint density at radius 2 is 2.00 bits per heavy atom. The van der Waals surface area contributed by atoms with Gasteiger partial charge in [0.2, 0.25) is 0 Å². The lowest BCUT2D eigenvalue weighted by Gasteiger charge is -2.05. The van der Waals surface area contributed by atoms with Crippen molar-refractivity contribution in [3.63, 3.8) is 0 Å². The van der Waals surface area contributed by atoms with Gasteiger partial charge in [0.05, 0.1) is 11.1 Å². The number of rotatable bonds is 4. The minimum absolute atomic E-state index is 0.0520. The number of pyridine rings is 1. The van der Waals surface area contributed by atoms with Crippen LogP contribution in [0.4, 0.5) is 5.69 Å². The molecule has 0 aliphatic rings. The van der Waals surface area contributed by atoms with Crippen molar-refractivity contribution in [3.05, 3.63) is 46.5 Å². The van der Waals surface area contributed by atoms with Crippen molar-refractivity contribution in [1.29, 1.82) is 0 Å². The molecule has 0 saturated heterocycles. The maximum Gasteiger partial charge on any atom is 0.339 e. The van der Waals surface area contributed by atoms with Crippen LogP contribution in [-0.2, 0) is 0 Å². The minimum Gasteiger partial charge on any atom is -0.478 e. The molecule has 2 rings (SSSR count). The van der Waals surface area contributed by atoms with E-state index < -0.39 is 10.9 Å². The Kier molecular flexibility index (Phi) is 3.28. The Bertz CT molecular complexity index is 628. The number of nitrogens with zero attached hydrogens (tertiary/aromatic N) is 4. The van der Waals surface area contributed by atoms with E-state index in [0.717, 1.165) is 12.4 Å². The first-order valence-electron chi connectivity index (χ1n) is 4.89. The lowest BCUT2D eigenvalue weighted by atomic mass is 10.2. The second-order valence-electron chi connectivity index (χ2n) is 3.26. The Morgan fingerprint density at radius 1 is 1.32 bits per heavy atom. The molecule has 2 aromatic rings. The number of aromatic nitrogens is 3. The number of ether oxygens (including phenoxy) is 1. The van der Waals surface area contributed by atoms with Gasteiger partial charge in [0.1, 0.15) is 18.0 Å². The highest BCUT2D eigenvalue weighted by Gasteiger charge is 2.14. The van der Waals surface area contributed by atoms with Crippen molar-refractivity contribution >= 4 is 11.7 Å². The van der Waals surface area contributed by atoms with Crippen molar-refractivity contribution in [2.45, 2.75) is 0 Å². The van der Waals surface area contributed by atoms with Crippen LogP contribution in [0.1, 0.15) is 10.4 Å². The lowest BCUT2D eigenvalue weighted by molar-refractivity contribution is -0.385. The first-order chi connectivity index (χ1) is 9.08. The van der Waals surface area contributed by atoms with E-state index in [0.29, 0.717) is 0 Å². The van der Waals surface area contributed by atoms with Crippen LogP contribution in [0.3, 0.4) is 0 Å². The van der Waals surface area contributed by atoms with Gasteiger partial charge in [-0.3, -0.25) is 15.1 Å². The van der Waals surface area contributed by atoms with Crippen LogP contribution in [0.5, 0.6) is 11.8 Å². The predicted octanol–water partition coefficient (Wildman–Crippen LogP) is 1.27. The molecule has 0 amide bonds. The maximum atomic E-state index is 10.9. The number of carboxylic acids is 1. The SMILES string of the molecule is O=C(O)c1ccncc1Oc1ncc([N+](=O)[O-])cn1. The average Bonchev–Trinajstić information content (AvgIpc) is 2.39. The lowest BCUT2D eigenvalue weighted by Crippen LogP contribution is -2.02. The van der Waals surface area contributed by atoms with E-state index in [2.05, 4.69) is 15.0 Å². The molecule has 1 N–H and O–H groups in total. The molecule has 96 valence electrons. The van der Waals surface area contributed by atoms with Crippen LogP contribution in [0.15, 0.2) is 30.9 Å². The van der Waals surface area contributed by atoms with Gasteiger partial charge in [-0.15, -0.1) is 0 Å². The van der Waals surface area contributed by atoms with E-state index in [1.165, 1.54) is 18.5 Å². The zero-order valence-corrected chi connectivity index (χ0v) is 9.26. The number of hydrogen-bond donors (Lipinski definition) is 1. The number of hydrogen-bond acceptors (Lipinski definition) is 7. The number of carbonyl (C=O) groups is 1. The van der Waals surface area contributed by atoms with E-state index >= 15 is 0 Å². The molecule has 0 spiro atoms. The molecular formula is C10H6N4O5. The molecule has 2 aromatic heterocycles. The van der Waals surface area contributed by atoms with Crippen LogP contribution in [0.2, 0.25) is 0 Å². The van der Waals surface area contributed by atoms with Crippen molar-refractivity contribution < 1.29 is 19.6 Å². The van der Waals surface area contributed by atoms with Crippen LogP contribution in [0.25, 0.3) is 0 Å². The molecule has 0 bridgehead atoms. The molecule has 0 saturated carbocycles. The molecule has 0 aliphatic heterocycles. The van der Waals surface area contributed by atoms with Gasteiger partial charge in [-0.25, -0.2) is 4.79 Å². The summed E-state index contributed by atoms with van der Waals surface area (Å²) in [6.07, 6.45) is 4.40. The largest absolute Gasteiger partial charge is 0.478 e. The van der Waals surface area contributed by atoms with Gasteiger partial charge in [0.25, 0.3) is 0 Å². The van der Waals surface area contributed by atoms with Crippen LogP contribution < -0.4 is 4.74 Å². The summed E-state index contributed by atoms with van der Waals surface area (Å²) in [6.45, 7) is 0. The highest BCUT2D eigenvalue weighted by molar-refractivity contribution is 5.90. The first-order valence-corrected chi connectivity index (χ1v) is 4.89. The van der Waals surface area contributed by atoms with Gasteiger partial charge in [0.15, 0.2) is 5.75 Å². The molecule has 0 atom stereocenters. The Balaban J connectivity index is 2.26. The highest BCUT2D eigenvalue weighted by atomic mass is 16.6. The predicted molar refractivity (Wildman–Crippen MR) is 60.0 cm³/mol. The summed E-state index contributed by atoms with van der Waals surface area (Å²) in [6, 6.07) is 1.05. The van der Waals surface area contributed by atoms with E-state index in [1.807, 2.05) is 0 Å². The molecule has 2 heterocycles. The topological polar surface area (TPSA) is 128 Å². The van der Waals surface area contributed by atoms with Crippen molar-refractivity contribution in [2.75, 3.05) is 0 Å². The standard InChI is InChI=1S/C10H6N4O5/c15-9(16)7-1-2-11-5-8(7)19-10-12-3-6(4-13-10)14(17)18/h1-5H,(H,15,16). The van der Waals surface area contributed by atoms with Crippen molar-refractivity contribution in [3.8, 4) is 11.8 Å². The number of nitro groups is 1. The summed E-state index contributed by atoms with van der Waals surface area (Å²) < 4.78 is 5.12. The third kappa shape index (κ3) is 2.77. The molecule has 9 heteroatoms. The molecule has 0 radical (unpaired) electrons. The number of aromatic carboxylic acids is 1. The summed E-state index contributed by atoms with van der Waals surface area (Å²) in [4.78, 5) is 31.6. The van der Waals surface area contributed by atoms with E-state index in [1.54, 1.807) is 0 Å². The second-order valence-corrected chi connectivity index (χ2v) is 3.26. The van der Waals surface area contributed by atoms with Gasteiger partial charge in [-0.05, 0) is 6.07 Å². The molecule has 19 heavy (non-hydrogen) atoms. The van der Waals surface area contributed by atoms with Crippen molar-refractivity contribution in [2.24, 2.45) is 0 Å². The van der Waals surface area contributed by atoms with E-state index in [4.69, 9.17) is 9.84 Å². The van der Waals surface area contributed by atoms with Gasteiger partial charge in [-0.1, -0.05) is 0 Å². The summed E-state index contributed by atoms with van der Waals surface area (Å²) in [5, 5.41) is 19.3. The quantitative estimate of drug-likeness (QED) is 0.644. The van der Waals surface area contributed by atoms with Gasteiger partial charge in [0, 0.05) is 6.20 Å². The molecule has 0 unspecified atom stereocenters. The third-order valence-electron chi connectivity index (χ3n) is 2.04. The first kappa shape index (κ1) is 12.4. The van der Waals surface area contributed by atoms with Gasteiger partial charge >= 0.3 is 17.7 Å². The smallest absolute Gasteiger partial charge is 0.339 e. The van der Waals surface area contributed by atoms with Gasteiger partial charge < -0.3 is 9.84 Å². The molecule has 0 aliphatic carbocycles. The maximum absolute atomic E-state index is 10.9. The number of carboxylic acid groups (broad SMARTS) is 1. The monoisotopic (exact) mass is 262 g/mol. The fraction of sp³-hybridized carbons (Fsp3) is 0. The highest BCUT2D eigenvalue weighted by Crippen LogP contribution is 2.22. The Hall–Kier alpha value is -3.10. The Labute approximate surface area is 105 Å². The summed E-state index contributed by atoms with van der Waals surface area (Å²) in [7, 11) is 0. The molecule has 0 aromatic carbocycles. The molecule has 0 fully saturated rings. The normalized spacial score (nSPS) is 9.89. The van der Waals surface area contributed by atoms with Crippen LogP contribution in [-0.4, -0.2) is 31.0 Å². The summed E-state index contributed by atoms with van der Waals surface area (Å²) in [5.41, 5.74) is -0.408. The fourth-order valence-electron chi connectivity index (χ4n) is 1.19. The van der Waals surface area contributed by atoms with Crippen LogP contribution in [0, 0.1) is 10.1 Å². The second kappa shape index (κ2) is 5.04. The molecule has 9 nitrogen and oxygen atoms in total. The molecular weight excluding hydrogens is 256 g/mol. The summed E-state index contributed by atoms with van der Waals surface area (Å²) >= 11 is 0. The third-order valence-corrected chi connectivity index (χ3v) is 2.04. The zero-order chi connectivity index (χ0) is 13.8.